The first-order valence-corrected chi connectivity index (χ1v) is 0.707. The minimum Gasteiger partial charge on any atom is -1.00 e. The Labute approximate surface area is 66.7 Å². The molecule has 0 amide bonds. The fraction of sp³-hybridized carbons (Fsp3) is 0.500. The summed E-state index contributed by atoms with van der Waals surface area (Å²) in [6.07, 6.45) is 0. The van der Waals surface area contributed by atoms with Crippen molar-refractivity contribution in [2.24, 2.45) is 0 Å². The summed E-state index contributed by atoms with van der Waals surface area (Å²) in [6, 6.07) is 0. The first-order chi connectivity index (χ1) is 1.00. The van der Waals surface area contributed by atoms with Gasteiger partial charge in [-0.15, -0.1) is 0 Å². The van der Waals surface area contributed by atoms with Crippen molar-refractivity contribution in [1.29, 1.82) is 0 Å². The van der Waals surface area contributed by atoms with Crippen LogP contribution in [-0.4, -0.2) is 0 Å². The fourth-order valence-electron chi connectivity index (χ4n) is 0. The number of halogens is 1. The average molecular weight is 179 g/mol. The molecule has 0 fully saturated rings. The molecule has 0 aliphatic carbocycles. The Kier molecular flexibility index (Phi) is 94.6. The summed E-state index contributed by atoms with van der Waals surface area (Å²) in [7, 11) is 0. The summed E-state index contributed by atoms with van der Waals surface area (Å²) in [6.45, 7) is 5.00. The number of hydrogen-bond acceptors (Lipinski definition) is 0. The molecule has 0 saturated heterocycles. The van der Waals surface area contributed by atoms with E-state index in [1.54, 1.807) is 6.92 Å². The normalized spacial score (nSPS) is 1.50. The van der Waals surface area contributed by atoms with Crippen molar-refractivity contribution < 1.29 is 53.5 Å². The van der Waals surface area contributed by atoms with Crippen LogP contribution in [0.4, 0.5) is 0 Å². The van der Waals surface area contributed by atoms with Crippen molar-refractivity contribution in [2.75, 3.05) is 0 Å². The minimum absolute atomic E-state index is 0. The van der Waals surface area contributed by atoms with Crippen LogP contribution < -0.4 is 53.5 Å². The van der Waals surface area contributed by atoms with Crippen LogP contribution in [0.15, 0.2) is 0 Å². The second-order valence-electron chi connectivity index (χ2n) is 0. The molecule has 1 radical (unpaired) electrons. The minimum atomic E-state index is 0. The molecular weight excluding hydrogens is 174 g/mol. The molecule has 4 heavy (non-hydrogen) atoms. The summed E-state index contributed by atoms with van der Waals surface area (Å²) in [5, 5.41) is 0. The predicted molar refractivity (Wildman–Crippen MR) is 11.0 cm³/mol. The molecule has 0 saturated carbocycles. The molecule has 0 unspecified atom stereocenters. The Morgan fingerprint density at radius 3 is 1.25 bits per heavy atom. The van der Waals surface area contributed by atoms with Crippen molar-refractivity contribution in [3.05, 3.63) is 6.92 Å². The molecule has 0 spiro atoms. The van der Waals surface area contributed by atoms with Crippen molar-refractivity contribution in [2.45, 2.75) is 6.92 Å². The van der Waals surface area contributed by atoms with Gasteiger partial charge in [-0.3, -0.25) is 0 Å². The van der Waals surface area contributed by atoms with Gasteiger partial charge in [-0.2, -0.15) is 0 Å². The van der Waals surface area contributed by atoms with Crippen LogP contribution in [0, 0.1) is 6.92 Å². The van der Waals surface area contributed by atoms with E-state index in [4.69, 9.17) is 0 Å². The summed E-state index contributed by atoms with van der Waals surface area (Å²) in [4.78, 5) is 0. The summed E-state index contributed by atoms with van der Waals surface area (Å²) in [5.41, 5.74) is 0. The molecule has 0 heterocycles. The van der Waals surface area contributed by atoms with Gasteiger partial charge in [0.25, 0.3) is 0 Å². The SMILES string of the molecule is [CH2]C.[I-].[Na+]. The Morgan fingerprint density at radius 2 is 1.25 bits per heavy atom. The van der Waals surface area contributed by atoms with E-state index in [0.29, 0.717) is 0 Å². The average Bonchev–Trinajstić information content (AvgIpc) is 1.00. The standard InChI is InChI=1S/C2H5.HI.Na/c1-2;;/h1H2,2H3;1H;/q;;+1/p-1. The molecule has 0 bridgehead atoms. The van der Waals surface area contributed by atoms with Gasteiger partial charge in [0.2, 0.25) is 0 Å². The quantitative estimate of drug-likeness (QED) is 0.257. The van der Waals surface area contributed by atoms with Gasteiger partial charge in [0.1, 0.15) is 0 Å². The van der Waals surface area contributed by atoms with E-state index >= 15 is 0 Å². The molecule has 0 aromatic carbocycles. The van der Waals surface area contributed by atoms with Crippen molar-refractivity contribution in [1.82, 2.24) is 0 Å². The van der Waals surface area contributed by atoms with Crippen LogP contribution >= 0.6 is 0 Å². The Morgan fingerprint density at radius 1 is 1.25 bits per heavy atom. The summed E-state index contributed by atoms with van der Waals surface area (Å²) >= 11 is 0. The maximum Gasteiger partial charge on any atom is 1.00 e. The zero-order valence-corrected chi connectivity index (χ0v) is 7.24. The maximum absolute atomic E-state index is 3.25. The predicted octanol–water partition coefficient (Wildman–Crippen LogP) is -5.15. The number of hydrogen-bond donors (Lipinski definition) is 0. The van der Waals surface area contributed by atoms with Gasteiger partial charge in [0.15, 0.2) is 0 Å². The third-order valence-electron chi connectivity index (χ3n) is 0. The number of rotatable bonds is 0. The Bertz CT molecular complexity index is 6.00. The molecule has 0 aliphatic heterocycles. The zero-order valence-electron chi connectivity index (χ0n) is 3.09. The van der Waals surface area contributed by atoms with E-state index in [-0.39, 0.29) is 53.5 Å². The van der Waals surface area contributed by atoms with E-state index < -0.39 is 0 Å². The second kappa shape index (κ2) is 22.0. The van der Waals surface area contributed by atoms with Gasteiger partial charge in [-0.25, -0.2) is 0 Å². The Balaban J connectivity index is -0.00000000500. The molecule has 0 N–H and O–H groups in total. The van der Waals surface area contributed by atoms with Crippen LogP contribution in [0.5, 0.6) is 0 Å². The van der Waals surface area contributed by atoms with Crippen LogP contribution in [0.1, 0.15) is 6.92 Å². The zero-order chi connectivity index (χ0) is 2.00. The second-order valence-corrected chi connectivity index (χ2v) is 0. The van der Waals surface area contributed by atoms with Gasteiger partial charge in [-0.1, -0.05) is 13.8 Å². The van der Waals surface area contributed by atoms with E-state index in [2.05, 4.69) is 6.92 Å². The van der Waals surface area contributed by atoms with Crippen LogP contribution in [0.25, 0.3) is 0 Å². The van der Waals surface area contributed by atoms with E-state index in [1.807, 2.05) is 0 Å². The first kappa shape index (κ1) is 17.2. The topological polar surface area (TPSA) is 0 Å². The monoisotopic (exact) mass is 179 g/mol. The first-order valence-electron chi connectivity index (χ1n) is 0.707. The molecule has 2 heteroatoms. The molecular formula is C2H5INa. The van der Waals surface area contributed by atoms with Crippen molar-refractivity contribution in [3.8, 4) is 0 Å². The third-order valence-corrected chi connectivity index (χ3v) is 0. The van der Waals surface area contributed by atoms with Gasteiger partial charge in [0, 0.05) is 0 Å². The molecule has 0 atom stereocenters. The van der Waals surface area contributed by atoms with Gasteiger partial charge in [-0.05, 0) is 0 Å². The van der Waals surface area contributed by atoms with Crippen molar-refractivity contribution in [3.63, 3.8) is 0 Å². The van der Waals surface area contributed by atoms with Crippen LogP contribution in [-0.2, 0) is 0 Å². The Hall–Kier alpha value is 1.73. The maximum atomic E-state index is 3.25. The van der Waals surface area contributed by atoms with Gasteiger partial charge >= 0.3 is 29.6 Å². The summed E-state index contributed by atoms with van der Waals surface area (Å²) in [5.74, 6) is 0. The largest absolute Gasteiger partial charge is 1.00 e. The van der Waals surface area contributed by atoms with E-state index in [9.17, 15) is 0 Å². The fourth-order valence-corrected chi connectivity index (χ4v) is 0. The van der Waals surface area contributed by atoms with Crippen LogP contribution in [0.2, 0.25) is 0 Å². The molecule has 0 rings (SSSR count). The molecule has 0 aromatic heterocycles. The van der Waals surface area contributed by atoms with E-state index in [1.165, 1.54) is 0 Å². The smallest absolute Gasteiger partial charge is 1.00 e. The van der Waals surface area contributed by atoms with Gasteiger partial charge in [0.05, 0.1) is 0 Å². The van der Waals surface area contributed by atoms with Crippen molar-refractivity contribution >= 4 is 0 Å². The molecule has 0 nitrogen and oxygen atoms in total. The molecule has 21 valence electrons. The van der Waals surface area contributed by atoms with E-state index in [0.717, 1.165) is 0 Å². The summed E-state index contributed by atoms with van der Waals surface area (Å²) < 4.78 is 0. The molecule has 0 aromatic rings. The third kappa shape index (κ3) is 9.29. The molecule has 0 aliphatic rings. The van der Waals surface area contributed by atoms with Crippen LogP contribution in [0.3, 0.4) is 0 Å². The van der Waals surface area contributed by atoms with Gasteiger partial charge < -0.3 is 24.0 Å².